The number of nitrogens with zero attached hydrogens (tertiary/aromatic N) is 1. The van der Waals surface area contributed by atoms with Crippen molar-refractivity contribution in [2.75, 3.05) is 0 Å². The van der Waals surface area contributed by atoms with Crippen LogP contribution in [0, 0.1) is 0 Å². The summed E-state index contributed by atoms with van der Waals surface area (Å²) in [6.45, 7) is 0. The van der Waals surface area contributed by atoms with E-state index in [-0.39, 0.29) is 0 Å². The van der Waals surface area contributed by atoms with Crippen molar-refractivity contribution < 1.29 is 0 Å². The number of aromatic nitrogens is 1. The van der Waals surface area contributed by atoms with E-state index < -0.39 is 0 Å². The molecule has 198 valence electrons. The molecule has 0 fully saturated rings. The van der Waals surface area contributed by atoms with E-state index in [0.29, 0.717) is 0 Å². The Kier molecular flexibility index (Phi) is 4.51. The maximum absolute atomic E-state index is 2.50. The van der Waals surface area contributed by atoms with Gasteiger partial charge in [-0.15, -0.1) is 0 Å². The molecule has 1 aromatic heterocycles. The van der Waals surface area contributed by atoms with Crippen LogP contribution in [-0.2, 0) is 0 Å². The largest absolute Gasteiger partial charge is 0.309 e. The van der Waals surface area contributed by atoms with Gasteiger partial charge in [-0.25, -0.2) is 0 Å². The van der Waals surface area contributed by atoms with E-state index in [9.17, 15) is 0 Å². The number of hydrogen-bond acceptors (Lipinski definition) is 0. The topological polar surface area (TPSA) is 4.93 Å². The molecule has 0 bridgehead atoms. The lowest BCUT2D eigenvalue weighted by Crippen LogP contribution is -1.96. The van der Waals surface area contributed by atoms with Crippen molar-refractivity contribution in [2.24, 2.45) is 0 Å². The van der Waals surface area contributed by atoms with Gasteiger partial charge in [-0.05, 0) is 84.5 Å². The second kappa shape index (κ2) is 8.44. The highest BCUT2D eigenvalue weighted by atomic mass is 15.0. The Morgan fingerprint density at radius 3 is 1.84 bits per heavy atom. The van der Waals surface area contributed by atoms with Crippen molar-refractivity contribution in [3.8, 4) is 16.8 Å². The predicted molar refractivity (Wildman–Crippen MR) is 185 cm³/mol. The van der Waals surface area contributed by atoms with Gasteiger partial charge >= 0.3 is 0 Å². The van der Waals surface area contributed by atoms with E-state index in [4.69, 9.17) is 0 Å². The number of hydrogen-bond donors (Lipinski definition) is 0. The molecule has 0 unspecified atom stereocenters. The van der Waals surface area contributed by atoms with Crippen LogP contribution in [0.1, 0.15) is 0 Å². The first kappa shape index (κ1) is 23.0. The van der Waals surface area contributed by atoms with Gasteiger partial charge in [0.2, 0.25) is 0 Å². The smallest absolute Gasteiger partial charge is 0.0626 e. The molecule has 9 aromatic carbocycles. The lowest BCUT2D eigenvalue weighted by Gasteiger charge is -2.18. The van der Waals surface area contributed by atoms with Gasteiger partial charge < -0.3 is 4.57 Å². The van der Waals surface area contributed by atoms with Crippen LogP contribution in [0.2, 0.25) is 0 Å². The molecular weight excluding hydrogens is 518 g/mol. The molecule has 10 aromatic rings. The number of fused-ring (bicyclic) bond motifs is 7. The summed E-state index contributed by atoms with van der Waals surface area (Å²) in [5.41, 5.74) is 6.24. The van der Waals surface area contributed by atoms with Crippen LogP contribution in [0.15, 0.2) is 152 Å². The second-order valence-corrected chi connectivity index (χ2v) is 11.7. The minimum Gasteiger partial charge on any atom is -0.309 e. The van der Waals surface area contributed by atoms with E-state index in [0.717, 1.165) is 0 Å². The first-order valence-corrected chi connectivity index (χ1v) is 14.9. The normalized spacial score (nSPS) is 12.2. The van der Waals surface area contributed by atoms with Gasteiger partial charge in [-0.2, -0.15) is 0 Å². The molecule has 1 heteroatoms. The summed E-state index contributed by atoms with van der Waals surface area (Å²) in [5, 5.41) is 15.6. The first-order chi connectivity index (χ1) is 21.3. The molecule has 1 heterocycles. The Labute approximate surface area is 248 Å². The zero-order chi connectivity index (χ0) is 28.1. The third kappa shape index (κ3) is 3.11. The molecule has 0 aliphatic carbocycles. The van der Waals surface area contributed by atoms with Gasteiger partial charge in [0.05, 0.1) is 11.0 Å². The standard InChI is InChI=1S/C42H25N/c1-3-11-28-23-30(20-19-26(28)9-1)37-25-31-13-7-16-35-39(31)40-33(37)15-8-17-36(40)42-41(35)34-14-5-6-18-38(34)43(42)32-22-21-27-10-2-4-12-29(27)24-32/h1-25H. The van der Waals surface area contributed by atoms with Crippen molar-refractivity contribution in [1.82, 2.24) is 4.57 Å². The Hall–Kier alpha value is -5.66. The third-order valence-corrected chi connectivity index (χ3v) is 9.45. The SMILES string of the molecule is c1ccc2cc(-c3cc4cccc5c4c4c3cccc4c3c5c4ccccc4n3-c3ccc4ccccc4c3)ccc2c1. The lowest BCUT2D eigenvalue weighted by atomic mass is 9.87. The summed E-state index contributed by atoms with van der Waals surface area (Å²) in [6.07, 6.45) is 0. The van der Waals surface area contributed by atoms with Crippen LogP contribution in [0.5, 0.6) is 0 Å². The van der Waals surface area contributed by atoms with Crippen molar-refractivity contribution in [3.05, 3.63) is 152 Å². The highest BCUT2D eigenvalue weighted by Crippen LogP contribution is 2.48. The molecule has 0 saturated carbocycles. The molecule has 1 nitrogen and oxygen atoms in total. The second-order valence-electron chi connectivity index (χ2n) is 11.7. The van der Waals surface area contributed by atoms with Crippen molar-refractivity contribution >= 4 is 75.7 Å². The average molecular weight is 544 g/mol. The van der Waals surface area contributed by atoms with Gasteiger partial charge in [-0.1, -0.05) is 121 Å². The number of benzene rings is 9. The van der Waals surface area contributed by atoms with E-state index in [1.807, 2.05) is 0 Å². The Bertz CT molecular complexity index is 2730. The maximum Gasteiger partial charge on any atom is 0.0626 e. The fourth-order valence-corrected chi connectivity index (χ4v) is 7.60. The van der Waals surface area contributed by atoms with Gasteiger partial charge in [-0.3, -0.25) is 0 Å². The fourth-order valence-electron chi connectivity index (χ4n) is 7.60. The monoisotopic (exact) mass is 543 g/mol. The summed E-state index contributed by atoms with van der Waals surface area (Å²) >= 11 is 0. The van der Waals surface area contributed by atoms with Crippen LogP contribution >= 0.6 is 0 Å². The Morgan fingerprint density at radius 1 is 0.349 bits per heavy atom. The van der Waals surface area contributed by atoms with Crippen molar-refractivity contribution in [3.63, 3.8) is 0 Å². The highest BCUT2D eigenvalue weighted by molar-refractivity contribution is 6.39. The van der Waals surface area contributed by atoms with Crippen molar-refractivity contribution in [2.45, 2.75) is 0 Å². The maximum atomic E-state index is 2.50. The Morgan fingerprint density at radius 2 is 0.977 bits per heavy atom. The summed E-state index contributed by atoms with van der Waals surface area (Å²) in [6, 6.07) is 56.0. The van der Waals surface area contributed by atoms with Gasteiger partial charge in [0.25, 0.3) is 0 Å². The summed E-state index contributed by atoms with van der Waals surface area (Å²) in [5.74, 6) is 0. The lowest BCUT2D eigenvalue weighted by molar-refractivity contribution is 1.19. The molecule has 0 N–H and O–H groups in total. The van der Waals surface area contributed by atoms with Gasteiger partial charge in [0, 0.05) is 27.2 Å². The molecular formula is C42H25N. The zero-order valence-corrected chi connectivity index (χ0v) is 23.4. The minimum atomic E-state index is 1.19. The van der Waals surface area contributed by atoms with E-state index in [1.165, 1.54) is 92.5 Å². The van der Waals surface area contributed by atoms with Crippen LogP contribution in [0.3, 0.4) is 0 Å². The molecule has 0 amide bonds. The molecule has 0 spiro atoms. The van der Waals surface area contributed by atoms with Crippen LogP contribution in [0.4, 0.5) is 0 Å². The third-order valence-electron chi connectivity index (χ3n) is 9.45. The molecule has 0 aliphatic heterocycles. The molecule has 43 heavy (non-hydrogen) atoms. The molecule has 10 rings (SSSR count). The van der Waals surface area contributed by atoms with Crippen molar-refractivity contribution in [1.29, 1.82) is 0 Å². The number of para-hydroxylation sites is 1. The van der Waals surface area contributed by atoms with Gasteiger partial charge in [0.15, 0.2) is 0 Å². The quantitative estimate of drug-likeness (QED) is 0.191. The summed E-state index contributed by atoms with van der Waals surface area (Å²) in [7, 11) is 0. The van der Waals surface area contributed by atoms with E-state index >= 15 is 0 Å². The first-order valence-electron chi connectivity index (χ1n) is 14.9. The molecule has 0 radical (unpaired) electrons. The van der Waals surface area contributed by atoms with E-state index in [1.54, 1.807) is 0 Å². The fraction of sp³-hybridized carbons (Fsp3) is 0. The average Bonchev–Trinajstić information content (AvgIpc) is 3.42. The van der Waals surface area contributed by atoms with Crippen LogP contribution in [0.25, 0.3) is 92.5 Å². The van der Waals surface area contributed by atoms with Crippen LogP contribution < -0.4 is 0 Å². The summed E-state index contributed by atoms with van der Waals surface area (Å²) in [4.78, 5) is 0. The highest BCUT2D eigenvalue weighted by Gasteiger charge is 2.22. The predicted octanol–water partition coefficient (Wildman–Crippen LogP) is 11.7. The van der Waals surface area contributed by atoms with Crippen LogP contribution in [-0.4, -0.2) is 4.57 Å². The molecule has 0 aliphatic rings. The van der Waals surface area contributed by atoms with Gasteiger partial charge in [0.1, 0.15) is 0 Å². The van der Waals surface area contributed by atoms with E-state index in [2.05, 4.69) is 156 Å². The molecule has 0 saturated heterocycles. The number of rotatable bonds is 2. The zero-order valence-electron chi connectivity index (χ0n) is 23.4. The molecule has 0 atom stereocenters. The Balaban J connectivity index is 1.41. The summed E-state index contributed by atoms with van der Waals surface area (Å²) < 4.78 is 2.50. The minimum absolute atomic E-state index is 1.19.